The van der Waals surface area contributed by atoms with Gasteiger partial charge >= 0.3 is 0 Å². The number of nitrogens with zero attached hydrogens (tertiary/aromatic N) is 6. The Bertz CT molecular complexity index is 983. The molecule has 1 aromatic carbocycles. The molecule has 11 heteroatoms. The zero-order valence-electron chi connectivity index (χ0n) is 20.7. The van der Waals surface area contributed by atoms with Crippen molar-refractivity contribution in [2.45, 2.75) is 25.8 Å². The van der Waals surface area contributed by atoms with Gasteiger partial charge in [0.2, 0.25) is 0 Å². The zero-order valence-corrected chi connectivity index (χ0v) is 21.5. The summed E-state index contributed by atoms with van der Waals surface area (Å²) in [6.07, 6.45) is 3.28. The van der Waals surface area contributed by atoms with Crippen LogP contribution in [-0.4, -0.2) is 89.7 Å². The number of hydrogen-bond acceptors (Lipinski definition) is 8. The van der Waals surface area contributed by atoms with Crippen LogP contribution in [0.25, 0.3) is 0 Å². The smallest absolute Gasteiger partial charge is 0.256 e. The third kappa shape index (κ3) is 7.29. The summed E-state index contributed by atoms with van der Waals surface area (Å²) in [5.74, 6) is 1.72. The monoisotopic (exact) mass is 517 g/mol. The summed E-state index contributed by atoms with van der Waals surface area (Å²) < 4.78 is 5.80. The predicted octanol–water partition coefficient (Wildman–Crippen LogP) is 1.48. The second-order valence-electron chi connectivity index (χ2n) is 8.51. The molecule has 1 atom stereocenters. The van der Waals surface area contributed by atoms with Crippen LogP contribution in [0.1, 0.15) is 25.3 Å². The molecule has 3 N–H and O–H groups in total. The van der Waals surface area contributed by atoms with Crippen molar-refractivity contribution in [2.75, 3.05) is 57.3 Å². The minimum absolute atomic E-state index is 0. The largest absolute Gasteiger partial charge is 0.494 e. The number of aromatic nitrogens is 1. The highest BCUT2D eigenvalue weighted by molar-refractivity contribution is 5.85. The van der Waals surface area contributed by atoms with Gasteiger partial charge in [0.25, 0.3) is 5.91 Å². The highest BCUT2D eigenvalue weighted by atomic mass is 35.5. The fourth-order valence-electron chi connectivity index (χ4n) is 4.49. The summed E-state index contributed by atoms with van der Waals surface area (Å²) in [7, 11) is 0. The van der Waals surface area contributed by atoms with E-state index in [-0.39, 0.29) is 29.8 Å². The molecule has 0 aliphatic carbocycles. The van der Waals surface area contributed by atoms with E-state index in [1.807, 2.05) is 48.3 Å². The number of benzene rings is 1. The second-order valence-corrected chi connectivity index (χ2v) is 8.51. The Kier molecular flexibility index (Phi) is 11.9. The maximum absolute atomic E-state index is 13.0. The fraction of sp³-hybridized carbons (Fsp3) is 0.480. The van der Waals surface area contributed by atoms with Crippen molar-refractivity contribution in [3.8, 4) is 11.8 Å². The summed E-state index contributed by atoms with van der Waals surface area (Å²) in [4.78, 5) is 22.0. The van der Waals surface area contributed by atoms with Crippen LogP contribution in [0.4, 0.5) is 5.82 Å². The topological polar surface area (TPSA) is 119 Å². The normalized spacial score (nSPS) is 18.3. The van der Waals surface area contributed by atoms with E-state index in [9.17, 15) is 10.1 Å². The number of nitrogens with one attached hydrogen (secondary N) is 1. The van der Waals surface area contributed by atoms with Gasteiger partial charge in [-0.15, -0.1) is 12.4 Å². The number of nitriles is 1. The molecule has 0 saturated carbocycles. The van der Waals surface area contributed by atoms with Crippen molar-refractivity contribution in [3.63, 3.8) is 0 Å². The number of hydrogen-bond donors (Lipinski definition) is 1. The molecule has 0 bridgehead atoms. The third-order valence-electron chi connectivity index (χ3n) is 6.36. The highest BCUT2D eigenvalue weighted by Gasteiger charge is 2.37. The van der Waals surface area contributed by atoms with Gasteiger partial charge in [-0.25, -0.2) is 9.99 Å². The van der Waals surface area contributed by atoms with Crippen LogP contribution in [0.5, 0.6) is 5.75 Å². The first-order chi connectivity index (χ1) is 16.7. The van der Waals surface area contributed by atoms with E-state index in [2.05, 4.69) is 26.4 Å². The average molecular weight is 518 g/mol. The number of carbonyl (C=O) groups excluding carboxylic acids is 1. The van der Waals surface area contributed by atoms with E-state index in [0.717, 1.165) is 57.3 Å². The first-order valence-electron chi connectivity index (χ1n) is 12.0. The number of halogens is 1. The van der Waals surface area contributed by atoms with Crippen molar-refractivity contribution in [1.29, 1.82) is 5.26 Å². The van der Waals surface area contributed by atoms with Crippen LogP contribution < -0.4 is 15.2 Å². The van der Waals surface area contributed by atoms with Crippen molar-refractivity contribution in [2.24, 2.45) is 0 Å². The highest BCUT2D eigenvalue weighted by Crippen LogP contribution is 2.19. The quantitative estimate of drug-likeness (QED) is 0.503. The van der Waals surface area contributed by atoms with E-state index >= 15 is 0 Å². The Labute approximate surface area is 219 Å². The molecule has 0 radical (unpaired) electrons. The molecule has 1 amide bonds. The molecule has 2 fully saturated rings. The predicted molar refractivity (Wildman–Crippen MR) is 141 cm³/mol. The Morgan fingerprint density at radius 3 is 2.56 bits per heavy atom. The number of carbonyl (C=O) groups is 1. The number of pyridine rings is 1. The van der Waals surface area contributed by atoms with Crippen LogP contribution in [0.15, 0.2) is 48.7 Å². The molecule has 4 rings (SSSR count). The average Bonchev–Trinajstić information content (AvgIpc) is 3.19. The van der Waals surface area contributed by atoms with Gasteiger partial charge in [0.1, 0.15) is 23.7 Å². The molecule has 3 heterocycles. The summed E-state index contributed by atoms with van der Waals surface area (Å²) in [5.41, 5.74) is 3.89. The maximum atomic E-state index is 13.0. The Hall–Kier alpha value is -2.94. The van der Waals surface area contributed by atoms with Gasteiger partial charge in [0.05, 0.1) is 12.2 Å². The Morgan fingerprint density at radius 2 is 1.86 bits per heavy atom. The van der Waals surface area contributed by atoms with E-state index < -0.39 is 0 Å². The molecule has 2 saturated heterocycles. The lowest BCUT2D eigenvalue weighted by atomic mass is 10.2. The number of anilines is 1. The van der Waals surface area contributed by atoms with E-state index in [4.69, 9.17) is 4.74 Å². The molecule has 0 spiro atoms. The van der Waals surface area contributed by atoms with Gasteiger partial charge in [-0.3, -0.25) is 14.7 Å². The number of amides is 1. The molecular formula is C25H36ClN7O3. The number of likely N-dealkylation sites (N-methyl/N-ethyl adjacent to an activating group) is 1. The summed E-state index contributed by atoms with van der Waals surface area (Å²) in [6.45, 7) is 8.43. The molecule has 36 heavy (non-hydrogen) atoms. The zero-order chi connectivity index (χ0) is 23.8. The van der Waals surface area contributed by atoms with Gasteiger partial charge in [0.15, 0.2) is 0 Å². The molecule has 2 aromatic rings. The Balaban J connectivity index is 0.00000228. The van der Waals surface area contributed by atoms with Crippen LogP contribution in [0.2, 0.25) is 0 Å². The van der Waals surface area contributed by atoms with E-state index in [1.165, 1.54) is 0 Å². The van der Waals surface area contributed by atoms with Gasteiger partial charge in [-0.1, -0.05) is 25.1 Å². The van der Waals surface area contributed by atoms with E-state index in [0.29, 0.717) is 25.1 Å². The van der Waals surface area contributed by atoms with Crippen molar-refractivity contribution in [1.82, 2.24) is 25.4 Å². The van der Waals surface area contributed by atoms with Gasteiger partial charge in [0, 0.05) is 58.4 Å². The molecule has 10 nitrogen and oxygen atoms in total. The summed E-state index contributed by atoms with van der Waals surface area (Å²) >= 11 is 0. The van der Waals surface area contributed by atoms with Crippen LogP contribution >= 0.6 is 12.4 Å². The first kappa shape index (κ1) is 29.3. The van der Waals surface area contributed by atoms with Crippen LogP contribution in [0, 0.1) is 11.3 Å². The van der Waals surface area contributed by atoms with Crippen molar-refractivity contribution in [3.05, 3.63) is 54.2 Å². The molecule has 2 aliphatic rings. The molecule has 1 unspecified atom stereocenters. The van der Waals surface area contributed by atoms with Gasteiger partial charge in [-0.2, -0.15) is 10.8 Å². The van der Waals surface area contributed by atoms with Crippen LogP contribution in [-0.2, 0) is 4.79 Å². The van der Waals surface area contributed by atoms with E-state index in [1.54, 1.807) is 17.3 Å². The first-order valence-corrected chi connectivity index (χ1v) is 12.0. The van der Waals surface area contributed by atoms with Gasteiger partial charge in [-0.05, 0) is 30.7 Å². The number of rotatable bonds is 10. The molecule has 196 valence electrons. The number of hydrazine groups is 2. The molecule has 1 aromatic heterocycles. The number of piperazine rings is 1. The van der Waals surface area contributed by atoms with Gasteiger partial charge < -0.3 is 15.1 Å². The lowest BCUT2D eigenvalue weighted by Gasteiger charge is -2.35. The third-order valence-corrected chi connectivity index (χ3v) is 6.36. The summed E-state index contributed by atoms with van der Waals surface area (Å²) in [5, 5.41) is 13.1. The van der Waals surface area contributed by atoms with Crippen LogP contribution in [0.3, 0.4) is 0 Å². The second kappa shape index (κ2) is 14.6. The van der Waals surface area contributed by atoms with Crippen molar-refractivity contribution < 1.29 is 15.0 Å². The minimum Gasteiger partial charge on any atom is -0.494 e. The maximum Gasteiger partial charge on any atom is 0.256 e. The summed E-state index contributed by atoms with van der Waals surface area (Å²) in [6, 6.07) is 15.3. The standard InChI is InChI=1S/C25H33N7O2.ClH.H2O/c1-2-31-23(11-19-34-22-9-4-3-5-10-22)25(33)32(28-31)14-7-13-29-15-17-30(18-16-29)24-21(20-26)8-6-12-27-24;;/h3-6,8-10,12,23,28H,2,7,11,13-19H2,1H3;1H;1H2. The number of para-hydroxylation sites is 1. The van der Waals surface area contributed by atoms with Crippen molar-refractivity contribution >= 4 is 24.1 Å². The SMILES string of the molecule is CCN1NN(CCCN2CCN(c3ncccc3C#N)CC2)C(=O)C1CCOc1ccccc1.Cl.O. The molecule has 2 aliphatic heterocycles. The lowest BCUT2D eigenvalue weighted by molar-refractivity contribution is -0.130. The Morgan fingerprint density at radius 1 is 1.11 bits per heavy atom. The lowest BCUT2D eigenvalue weighted by Crippen LogP contribution is -2.48. The molecular weight excluding hydrogens is 482 g/mol. The minimum atomic E-state index is -0.204. The number of ether oxygens (including phenoxy) is 1. The fourth-order valence-corrected chi connectivity index (χ4v) is 4.49.